The first kappa shape index (κ1) is 24.2. The molecule has 1 aromatic heterocycles. The second kappa shape index (κ2) is 10.8. The molecule has 0 amide bonds. The largest absolute Gasteiger partial charge is 1.00 e. The molecular weight excluding hydrogens is 539 g/mol. The van der Waals surface area contributed by atoms with E-state index in [1.54, 1.807) is 24.3 Å². The van der Waals surface area contributed by atoms with Gasteiger partial charge in [0.05, 0.1) is 11.6 Å². The Morgan fingerprint density at radius 1 is 1.03 bits per heavy atom. The number of hydrogen-bond acceptors (Lipinski definition) is 5. The number of anilines is 1. The van der Waals surface area contributed by atoms with Crippen LogP contribution in [0.3, 0.4) is 0 Å². The summed E-state index contributed by atoms with van der Waals surface area (Å²) in [4.78, 5) is -0.0776. The van der Waals surface area contributed by atoms with Gasteiger partial charge in [0.2, 0.25) is 0 Å². The van der Waals surface area contributed by atoms with Gasteiger partial charge in [-0.15, -0.1) is 0 Å². The highest BCUT2D eigenvalue weighted by Crippen LogP contribution is 2.28. The van der Waals surface area contributed by atoms with Crippen molar-refractivity contribution in [2.24, 2.45) is 0 Å². The first-order valence-electron chi connectivity index (χ1n) is 9.01. The summed E-state index contributed by atoms with van der Waals surface area (Å²) in [6.07, 6.45) is 4.59. The zero-order chi connectivity index (χ0) is 20.9. The molecule has 0 saturated carbocycles. The van der Waals surface area contributed by atoms with E-state index in [1.165, 1.54) is 12.1 Å². The number of benzene rings is 2. The number of halogens is 2. The van der Waals surface area contributed by atoms with E-state index in [4.69, 9.17) is 26.3 Å². The number of pyridine rings is 1. The van der Waals surface area contributed by atoms with E-state index in [9.17, 15) is 8.42 Å². The Morgan fingerprint density at radius 2 is 1.70 bits per heavy atom. The minimum Gasteiger partial charge on any atom is -1.00 e. The molecule has 0 unspecified atom stereocenters. The standard InChI is InChI=1S/C21H21ClN2O4S.HI/c1-16-13-18(27-12-4-9-24-10-7-17(23)8-11-24)15-19(14-16)28-29(25,26)21-6-3-2-5-20(21)22;/h2-3,5-8,10-11,13-15,23H,4,9,12H2,1H3;1H. The fourth-order valence-corrected chi connectivity index (χ4v) is 4.13. The van der Waals surface area contributed by atoms with Crippen LogP contribution < -0.4 is 43.2 Å². The first-order valence-corrected chi connectivity index (χ1v) is 10.8. The first-order chi connectivity index (χ1) is 13.8. The zero-order valence-electron chi connectivity index (χ0n) is 16.3. The number of nitrogens with two attached hydrogens (primary N) is 1. The van der Waals surface area contributed by atoms with Gasteiger partial charge in [-0.25, -0.2) is 4.57 Å². The number of hydrogen-bond donors (Lipinski definition) is 1. The van der Waals surface area contributed by atoms with Crippen LogP contribution in [0.1, 0.15) is 12.0 Å². The molecule has 1 heterocycles. The second-order valence-corrected chi connectivity index (χ2v) is 8.44. The van der Waals surface area contributed by atoms with Crippen molar-refractivity contribution in [2.75, 3.05) is 12.3 Å². The van der Waals surface area contributed by atoms with Crippen LogP contribution in [-0.2, 0) is 16.7 Å². The quantitative estimate of drug-likeness (QED) is 0.190. The molecule has 0 aliphatic carbocycles. The number of nitrogen functional groups attached to an aromatic ring is 1. The maximum Gasteiger partial charge on any atom is 0.340 e. The van der Waals surface area contributed by atoms with Crippen LogP contribution in [0.4, 0.5) is 5.69 Å². The highest BCUT2D eigenvalue weighted by Gasteiger charge is 2.20. The Balaban J connectivity index is 0.00000320. The average Bonchev–Trinajstić information content (AvgIpc) is 2.66. The van der Waals surface area contributed by atoms with E-state index in [0.29, 0.717) is 12.4 Å². The molecule has 0 aliphatic rings. The Bertz CT molecular complexity index is 1090. The zero-order valence-corrected chi connectivity index (χ0v) is 20.0. The maximum absolute atomic E-state index is 12.5. The van der Waals surface area contributed by atoms with E-state index in [-0.39, 0.29) is 39.6 Å². The van der Waals surface area contributed by atoms with Crippen LogP contribution in [0.15, 0.2) is 71.9 Å². The summed E-state index contributed by atoms with van der Waals surface area (Å²) in [6, 6.07) is 14.8. The highest BCUT2D eigenvalue weighted by atomic mass is 127. The van der Waals surface area contributed by atoms with Gasteiger partial charge < -0.3 is 38.6 Å². The van der Waals surface area contributed by atoms with Crippen molar-refractivity contribution in [2.45, 2.75) is 24.8 Å². The monoisotopic (exact) mass is 560 g/mol. The minimum atomic E-state index is -4.04. The van der Waals surface area contributed by atoms with Gasteiger partial charge in [0.15, 0.2) is 18.9 Å². The third-order valence-corrected chi connectivity index (χ3v) is 5.83. The molecule has 160 valence electrons. The molecule has 0 radical (unpaired) electrons. The van der Waals surface area contributed by atoms with Gasteiger partial charge in [-0.05, 0) is 36.8 Å². The van der Waals surface area contributed by atoms with Gasteiger partial charge in [0.25, 0.3) is 0 Å². The number of rotatable bonds is 8. The van der Waals surface area contributed by atoms with Crippen LogP contribution in [0.25, 0.3) is 0 Å². The van der Waals surface area contributed by atoms with Gasteiger partial charge in [-0.1, -0.05) is 23.7 Å². The lowest BCUT2D eigenvalue weighted by atomic mass is 10.2. The van der Waals surface area contributed by atoms with E-state index in [0.717, 1.165) is 24.2 Å². The van der Waals surface area contributed by atoms with Crippen LogP contribution in [0.2, 0.25) is 5.02 Å². The molecular formula is C21H22ClIN2O4S. The molecule has 30 heavy (non-hydrogen) atoms. The number of nitrogens with zero attached hydrogens (tertiary/aromatic N) is 1. The Labute approximate surface area is 198 Å². The average molecular weight is 561 g/mol. The third-order valence-electron chi connectivity index (χ3n) is 4.08. The minimum absolute atomic E-state index is 0. The third kappa shape index (κ3) is 6.75. The molecule has 2 N–H and O–H groups in total. The molecule has 0 saturated heterocycles. The van der Waals surface area contributed by atoms with Crippen molar-refractivity contribution in [3.63, 3.8) is 0 Å². The van der Waals surface area contributed by atoms with Gasteiger partial charge in [-0.2, -0.15) is 8.42 Å². The van der Waals surface area contributed by atoms with Crippen LogP contribution in [-0.4, -0.2) is 15.0 Å². The van der Waals surface area contributed by atoms with Gasteiger partial charge in [-0.3, -0.25) is 0 Å². The van der Waals surface area contributed by atoms with E-state index in [2.05, 4.69) is 0 Å². The molecule has 9 heteroatoms. The van der Waals surface area contributed by atoms with E-state index >= 15 is 0 Å². The van der Waals surface area contributed by atoms with Crippen LogP contribution in [0, 0.1) is 6.92 Å². The van der Waals surface area contributed by atoms with Crippen molar-refractivity contribution in [3.05, 3.63) is 77.6 Å². The fourth-order valence-electron chi connectivity index (χ4n) is 2.72. The van der Waals surface area contributed by atoms with E-state index < -0.39 is 10.1 Å². The Hall–Kier alpha value is -2.04. The summed E-state index contributed by atoms with van der Waals surface area (Å²) in [7, 11) is -4.04. The summed E-state index contributed by atoms with van der Waals surface area (Å²) >= 11 is 5.99. The molecule has 0 atom stereocenters. The molecule has 0 bridgehead atoms. The number of aryl methyl sites for hydroxylation is 2. The SMILES string of the molecule is Cc1cc(OCCC[n+]2ccc(N)cc2)cc(OS(=O)(=O)c2ccccc2Cl)c1.[I-]. The highest BCUT2D eigenvalue weighted by molar-refractivity contribution is 7.87. The summed E-state index contributed by atoms with van der Waals surface area (Å²) < 4.78 is 38.1. The lowest BCUT2D eigenvalue weighted by molar-refractivity contribution is -0.697. The van der Waals surface area contributed by atoms with Crippen LogP contribution in [0.5, 0.6) is 11.5 Å². The van der Waals surface area contributed by atoms with Crippen molar-refractivity contribution >= 4 is 27.4 Å². The second-order valence-electron chi connectivity index (χ2n) is 6.52. The smallest absolute Gasteiger partial charge is 0.340 e. The van der Waals surface area contributed by atoms with Crippen molar-refractivity contribution in [1.29, 1.82) is 0 Å². The van der Waals surface area contributed by atoms with Gasteiger partial charge in [0.1, 0.15) is 16.4 Å². The summed E-state index contributed by atoms with van der Waals surface area (Å²) in [5, 5.41) is 0.108. The molecule has 6 nitrogen and oxygen atoms in total. The van der Waals surface area contributed by atoms with Crippen molar-refractivity contribution < 1.29 is 45.9 Å². The molecule has 3 rings (SSSR count). The number of aromatic nitrogens is 1. The molecule has 0 spiro atoms. The van der Waals surface area contributed by atoms with Crippen molar-refractivity contribution in [3.8, 4) is 11.5 Å². The lowest BCUT2D eigenvalue weighted by Crippen LogP contribution is -3.00. The maximum atomic E-state index is 12.5. The topological polar surface area (TPSA) is 82.5 Å². The predicted molar refractivity (Wildman–Crippen MR) is 112 cm³/mol. The molecule has 2 aromatic carbocycles. The summed E-state index contributed by atoms with van der Waals surface area (Å²) in [5.41, 5.74) is 7.21. The Kier molecular flexibility index (Phi) is 8.75. The van der Waals surface area contributed by atoms with Gasteiger partial charge in [0, 0.05) is 30.3 Å². The van der Waals surface area contributed by atoms with Gasteiger partial charge >= 0.3 is 10.1 Å². The van der Waals surface area contributed by atoms with E-state index in [1.807, 2.05) is 42.1 Å². The number of ether oxygens (including phenoxy) is 1. The fraction of sp³-hybridized carbons (Fsp3) is 0.190. The lowest BCUT2D eigenvalue weighted by Gasteiger charge is -2.11. The molecule has 0 fully saturated rings. The predicted octanol–water partition coefficient (Wildman–Crippen LogP) is 0.759. The Morgan fingerprint density at radius 3 is 2.40 bits per heavy atom. The van der Waals surface area contributed by atoms with Crippen molar-refractivity contribution in [1.82, 2.24) is 0 Å². The molecule has 0 aliphatic heterocycles. The molecule has 3 aromatic rings. The summed E-state index contributed by atoms with van der Waals surface area (Å²) in [6.45, 7) is 3.08. The van der Waals surface area contributed by atoms with Crippen LogP contribution >= 0.6 is 11.6 Å². The summed E-state index contributed by atoms with van der Waals surface area (Å²) in [5.74, 6) is 0.712. The normalized spacial score (nSPS) is 10.9.